The van der Waals surface area contributed by atoms with Gasteiger partial charge < -0.3 is 10.2 Å². The molecule has 1 aromatic rings. The Labute approximate surface area is 88.4 Å². The molecule has 0 radical (unpaired) electrons. The molecule has 2 rings (SSSR count). The average Bonchev–Trinajstić information content (AvgIpc) is 3.00. The summed E-state index contributed by atoms with van der Waals surface area (Å²) in [5.41, 5.74) is -0.411. The van der Waals surface area contributed by atoms with Crippen LogP contribution < -0.4 is 0 Å². The molecule has 0 heterocycles. The second kappa shape index (κ2) is 3.26. The molecule has 0 bridgehead atoms. The zero-order valence-corrected chi connectivity index (χ0v) is 8.60. The van der Waals surface area contributed by atoms with Gasteiger partial charge in [-0.15, -0.1) is 0 Å². The summed E-state index contributed by atoms with van der Waals surface area (Å²) in [6.07, 6.45) is 1.86. The first kappa shape index (κ1) is 10.0. The molecule has 1 aliphatic rings. The van der Waals surface area contributed by atoms with Crippen LogP contribution in [0.25, 0.3) is 0 Å². The number of hydrogen-bond donors (Lipinski definition) is 2. The van der Waals surface area contributed by atoms with E-state index < -0.39 is 11.4 Å². The highest BCUT2D eigenvalue weighted by Gasteiger charge is 2.49. The Morgan fingerprint density at radius 1 is 1.40 bits per heavy atom. The quantitative estimate of drug-likeness (QED) is 0.796. The molecule has 3 heteroatoms. The largest absolute Gasteiger partial charge is 0.508 e. The van der Waals surface area contributed by atoms with Gasteiger partial charge in [-0.3, -0.25) is 4.79 Å². The van der Waals surface area contributed by atoms with Gasteiger partial charge in [0.1, 0.15) is 5.75 Å². The van der Waals surface area contributed by atoms with Gasteiger partial charge in [-0.2, -0.15) is 0 Å². The molecule has 80 valence electrons. The van der Waals surface area contributed by atoms with Crippen molar-refractivity contribution < 1.29 is 15.0 Å². The van der Waals surface area contributed by atoms with Crippen LogP contribution >= 0.6 is 0 Å². The minimum atomic E-state index is -0.939. The summed E-state index contributed by atoms with van der Waals surface area (Å²) in [4.78, 5) is 11.3. The first-order valence-electron chi connectivity index (χ1n) is 5.08. The lowest BCUT2D eigenvalue weighted by molar-refractivity contribution is -0.144. The summed E-state index contributed by atoms with van der Waals surface area (Å²) in [6.45, 7) is 1.70. The van der Waals surface area contributed by atoms with Crippen LogP contribution in [0.5, 0.6) is 5.75 Å². The zero-order chi connectivity index (χ0) is 11.1. The van der Waals surface area contributed by atoms with E-state index in [1.54, 1.807) is 31.2 Å². The fraction of sp³-hybridized carbons (Fsp3) is 0.417. The number of carboxylic acids is 1. The van der Waals surface area contributed by atoms with Crippen LogP contribution in [0.2, 0.25) is 0 Å². The molecule has 15 heavy (non-hydrogen) atoms. The number of hydrogen-bond acceptors (Lipinski definition) is 2. The molecule has 0 aliphatic heterocycles. The van der Waals surface area contributed by atoms with Crippen molar-refractivity contribution in [2.24, 2.45) is 5.92 Å². The smallest absolute Gasteiger partial charge is 0.314 e. The van der Waals surface area contributed by atoms with E-state index in [9.17, 15) is 15.0 Å². The molecular weight excluding hydrogens is 192 g/mol. The summed E-state index contributed by atoms with van der Waals surface area (Å²) >= 11 is 0. The Morgan fingerprint density at radius 2 is 2.00 bits per heavy atom. The Bertz CT molecular complexity index is 396. The van der Waals surface area contributed by atoms with Crippen molar-refractivity contribution >= 4 is 5.97 Å². The maximum absolute atomic E-state index is 11.3. The summed E-state index contributed by atoms with van der Waals surface area (Å²) in [5.74, 6) is -0.621. The van der Waals surface area contributed by atoms with Crippen LogP contribution in [0, 0.1) is 5.92 Å². The van der Waals surface area contributed by atoms with Crippen molar-refractivity contribution in [1.82, 2.24) is 0 Å². The molecule has 0 amide bonds. The van der Waals surface area contributed by atoms with E-state index in [2.05, 4.69) is 0 Å². The molecule has 1 fully saturated rings. The van der Waals surface area contributed by atoms with Gasteiger partial charge in [-0.05, 0) is 31.7 Å². The molecule has 0 saturated heterocycles. The fourth-order valence-electron chi connectivity index (χ4n) is 2.08. The van der Waals surface area contributed by atoms with E-state index in [0.29, 0.717) is 5.56 Å². The highest BCUT2D eigenvalue weighted by Crippen LogP contribution is 2.49. The number of phenolic OH excluding ortho intramolecular Hbond substituents is 1. The number of phenols is 1. The topological polar surface area (TPSA) is 57.5 Å². The fourth-order valence-corrected chi connectivity index (χ4v) is 2.08. The number of carbonyl (C=O) groups is 1. The monoisotopic (exact) mass is 206 g/mol. The standard InChI is InChI=1S/C12H14O3/c1-12(11(14)15,8-6-7-8)9-4-2-3-5-10(9)13/h2-5,8,13H,6-7H2,1H3,(H,14,15). The van der Waals surface area contributed by atoms with Crippen LogP contribution in [-0.2, 0) is 10.2 Å². The van der Waals surface area contributed by atoms with E-state index in [0.717, 1.165) is 12.8 Å². The van der Waals surface area contributed by atoms with Crippen molar-refractivity contribution in [3.63, 3.8) is 0 Å². The summed E-state index contributed by atoms with van der Waals surface area (Å²) in [7, 11) is 0. The van der Waals surface area contributed by atoms with Gasteiger partial charge in [0.2, 0.25) is 0 Å². The lowest BCUT2D eigenvalue weighted by Gasteiger charge is -2.25. The highest BCUT2D eigenvalue weighted by atomic mass is 16.4. The van der Waals surface area contributed by atoms with Crippen LogP contribution in [0.1, 0.15) is 25.3 Å². The van der Waals surface area contributed by atoms with Gasteiger partial charge >= 0.3 is 5.97 Å². The van der Waals surface area contributed by atoms with Crippen molar-refractivity contribution in [2.75, 3.05) is 0 Å². The number of benzene rings is 1. The van der Waals surface area contributed by atoms with Gasteiger partial charge in [-0.25, -0.2) is 0 Å². The second-order valence-corrected chi connectivity index (χ2v) is 4.30. The van der Waals surface area contributed by atoms with E-state index >= 15 is 0 Å². The first-order valence-corrected chi connectivity index (χ1v) is 5.08. The summed E-state index contributed by atoms with van der Waals surface area (Å²) in [6, 6.07) is 6.70. The van der Waals surface area contributed by atoms with Crippen LogP contribution in [0.15, 0.2) is 24.3 Å². The van der Waals surface area contributed by atoms with Gasteiger partial charge in [-0.1, -0.05) is 18.2 Å². The highest BCUT2D eigenvalue weighted by molar-refractivity contribution is 5.82. The molecule has 1 unspecified atom stereocenters. The van der Waals surface area contributed by atoms with E-state index in [1.807, 2.05) is 0 Å². The zero-order valence-electron chi connectivity index (χ0n) is 8.60. The molecular formula is C12H14O3. The van der Waals surface area contributed by atoms with Crippen molar-refractivity contribution in [1.29, 1.82) is 0 Å². The second-order valence-electron chi connectivity index (χ2n) is 4.30. The van der Waals surface area contributed by atoms with Crippen molar-refractivity contribution in [3.8, 4) is 5.75 Å². The Kier molecular flexibility index (Phi) is 2.18. The Hall–Kier alpha value is -1.51. The van der Waals surface area contributed by atoms with Gasteiger partial charge in [0.25, 0.3) is 0 Å². The van der Waals surface area contributed by atoms with Crippen molar-refractivity contribution in [3.05, 3.63) is 29.8 Å². The number of rotatable bonds is 3. The van der Waals surface area contributed by atoms with Crippen molar-refractivity contribution in [2.45, 2.75) is 25.2 Å². The average molecular weight is 206 g/mol. The van der Waals surface area contributed by atoms with Crippen LogP contribution in [-0.4, -0.2) is 16.2 Å². The molecule has 1 saturated carbocycles. The number of carboxylic acid groups (broad SMARTS) is 1. The van der Waals surface area contributed by atoms with Crippen LogP contribution in [0.3, 0.4) is 0 Å². The minimum Gasteiger partial charge on any atom is -0.508 e. The number of aromatic hydroxyl groups is 1. The van der Waals surface area contributed by atoms with Gasteiger partial charge in [0.15, 0.2) is 0 Å². The minimum absolute atomic E-state index is 0.0781. The predicted octanol–water partition coefficient (Wildman–Crippen LogP) is 2.14. The molecule has 1 aliphatic carbocycles. The Morgan fingerprint density at radius 3 is 2.47 bits per heavy atom. The summed E-state index contributed by atoms with van der Waals surface area (Å²) in [5, 5.41) is 19.0. The third-order valence-corrected chi connectivity index (χ3v) is 3.30. The third kappa shape index (κ3) is 1.48. The van der Waals surface area contributed by atoms with E-state index in [4.69, 9.17) is 0 Å². The molecule has 0 aromatic heterocycles. The molecule has 1 atom stereocenters. The van der Waals surface area contributed by atoms with Gasteiger partial charge in [0, 0.05) is 5.56 Å². The predicted molar refractivity (Wildman–Crippen MR) is 55.8 cm³/mol. The lowest BCUT2D eigenvalue weighted by atomic mass is 9.77. The van der Waals surface area contributed by atoms with E-state index in [-0.39, 0.29) is 11.7 Å². The SMILES string of the molecule is CC(C(=O)O)(c1ccccc1O)C1CC1. The maximum Gasteiger partial charge on any atom is 0.314 e. The Balaban J connectivity index is 2.50. The van der Waals surface area contributed by atoms with E-state index in [1.165, 1.54) is 0 Å². The molecule has 2 N–H and O–H groups in total. The normalized spacial score (nSPS) is 19.5. The molecule has 3 nitrogen and oxygen atoms in total. The molecule has 1 aromatic carbocycles. The van der Waals surface area contributed by atoms with Crippen LogP contribution in [0.4, 0.5) is 0 Å². The third-order valence-electron chi connectivity index (χ3n) is 3.30. The number of para-hydroxylation sites is 1. The van der Waals surface area contributed by atoms with Gasteiger partial charge in [0.05, 0.1) is 5.41 Å². The summed E-state index contributed by atoms with van der Waals surface area (Å²) < 4.78 is 0. The molecule has 0 spiro atoms. The number of aliphatic carboxylic acids is 1. The first-order chi connectivity index (χ1) is 7.06. The lowest BCUT2D eigenvalue weighted by Crippen LogP contribution is -2.34. The maximum atomic E-state index is 11.3.